The zero-order valence-electron chi connectivity index (χ0n) is 9.60. The van der Waals surface area contributed by atoms with E-state index in [1.54, 1.807) is 18.7 Å². The van der Waals surface area contributed by atoms with E-state index in [9.17, 15) is 13.2 Å². The highest BCUT2D eigenvalue weighted by Gasteiger charge is 2.31. The Morgan fingerprint density at radius 3 is 2.71 bits per heavy atom. The number of sulfonamides is 1. The number of nitrogens with zero attached hydrogens (tertiary/aromatic N) is 1. The third-order valence-corrected chi connectivity index (χ3v) is 7.14. The Balaban J connectivity index is 2.36. The first-order chi connectivity index (χ1) is 7.91. The summed E-state index contributed by atoms with van der Waals surface area (Å²) in [5, 5.41) is 0.300. The second-order valence-electron chi connectivity index (χ2n) is 3.97. The van der Waals surface area contributed by atoms with Gasteiger partial charge in [0.15, 0.2) is 4.21 Å². The summed E-state index contributed by atoms with van der Waals surface area (Å²) in [5.41, 5.74) is 0.436. The average Bonchev–Trinajstić information content (AvgIpc) is 2.58. The van der Waals surface area contributed by atoms with Crippen molar-refractivity contribution in [2.75, 3.05) is 18.8 Å². The third-order valence-electron chi connectivity index (χ3n) is 2.56. The lowest BCUT2D eigenvalue weighted by molar-refractivity contribution is 0.425. The van der Waals surface area contributed by atoms with Gasteiger partial charge in [0, 0.05) is 29.8 Å². The van der Waals surface area contributed by atoms with Crippen LogP contribution in [0.5, 0.6) is 0 Å². The first-order valence-electron chi connectivity index (χ1n) is 5.22. The van der Waals surface area contributed by atoms with Crippen molar-refractivity contribution in [1.82, 2.24) is 9.29 Å². The van der Waals surface area contributed by atoms with Crippen LogP contribution in [0, 0.1) is 6.92 Å². The summed E-state index contributed by atoms with van der Waals surface area (Å²) < 4.78 is 26.3. The minimum absolute atomic E-state index is 0.154. The molecule has 1 aromatic heterocycles. The summed E-state index contributed by atoms with van der Waals surface area (Å²) in [4.78, 5) is 13.4. The number of thioether (sulfide) groups is 1. The molecule has 2 heterocycles. The van der Waals surface area contributed by atoms with Gasteiger partial charge >= 0.3 is 4.87 Å². The van der Waals surface area contributed by atoms with E-state index in [1.807, 2.05) is 6.92 Å². The largest absolute Gasteiger partial charge is 0.315 e. The predicted molar refractivity (Wildman–Crippen MR) is 70.4 cm³/mol. The molecule has 8 heteroatoms. The van der Waals surface area contributed by atoms with Crippen LogP contribution in [-0.2, 0) is 10.0 Å². The number of H-pyrrole nitrogens is 1. The van der Waals surface area contributed by atoms with Crippen molar-refractivity contribution in [2.45, 2.75) is 23.3 Å². The number of rotatable bonds is 2. The van der Waals surface area contributed by atoms with Gasteiger partial charge in [-0.05, 0) is 6.92 Å². The van der Waals surface area contributed by atoms with E-state index in [2.05, 4.69) is 4.98 Å². The molecular weight excluding hydrogens is 280 g/mol. The molecule has 0 aliphatic carbocycles. The van der Waals surface area contributed by atoms with Crippen LogP contribution in [0.2, 0.25) is 0 Å². The Morgan fingerprint density at radius 1 is 1.47 bits per heavy atom. The third kappa shape index (κ3) is 2.59. The second-order valence-corrected chi connectivity index (χ2v) is 8.63. The minimum atomic E-state index is -3.50. The number of aromatic nitrogens is 1. The highest BCUT2D eigenvalue weighted by molar-refractivity contribution is 8.00. The molecule has 0 amide bonds. The number of aromatic amines is 1. The summed E-state index contributed by atoms with van der Waals surface area (Å²) in [7, 11) is -3.50. The first kappa shape index (κ1) is 13.1. The number of aryl methyl sites for hydroxylation is 1. The molecular formula is C9H14N2O3S3. The van der Waals surface area contributed by atoms with E-state index >= 15 is 0 Å². The van der Waals surface area contributed by atoms with Crippen LogP contribution < -0.4 is 4.87 Å². The molecule has 1 aromatic rings. The van der Waals surface area contributed by atoms with Crippen LogP contribution in [0.1, 0.15) is 12.6 Å². The first-order valence-corrected chi connectivity index (χ1v) is 8.53. The molecule has 0 spiro atoms. The molecule has 1 aliphatic rings. The number of hydrogen-bond acceptors (Lipinski definition) is 5. The molecule has 1 fully saturated rings. The monoisotopic (exact) mass is 294 g/mol. The van der Waals surface area contributed by atoms with Gasteiger partial charge in [-0.1, -0.05) is 18.3 Å². The van der Waals surface area contributed by atoms with Gasteiger partial charge in [0.2, 0.25) is 0 Å². The molecule has 1 unspecified atom stereocenters. The zero-order valence-corrected chi connectivity index (χ0v) is 12.0. The van der Waals surface area contributed by atoms with Crippen molar-refractivity contribution in [3.05, 3.63) is 15.4 Å². The molecule has 5 nitrogen and oxygen atoms in total. The Hall–Kier alpha value is -0.310. The number of hydrogen-bond donors (Lipinski definition) is 1. The Morgan fingerprint density at radius 2 is 2.18 bits per heavy atom. The molecule has 0 aromatic carbocycles. The van der Waals surface area contributed by atoms with E-state index in [1.165, 1.54) is 4.31 Å². The van der Waals surface area contributed by atoms with Crippen molar-refractivity contribution >= 4 is 33.1 Å². The van der Waals surface area contributed by atoms with Gasteiger partial charge < -0.3 is 4.98 Å². The van der Waals surface area contributed by atoms with Crippen molar-refractivity contribution in [1.29, 1.82) is 0 Å². The summed E-state index contributed by atoms with van der Waals surface area (Å²) >= 11 is 2.54. The second kappa shape index (κ2) is 4.75. The average molecular weight is 294 g/mol. The van der Waals surface area contributed by atoms with Gasteiger partial charge in [-0.15, -0.1) is 0 Å². The van der Waals surface area contributed by atoms with E-state index in [4.69, 9.17) is 0 Å². The topological polar surface area (TPSA) is 70.2 Å². The van der Waals surface area contributed by atoms with Crippen LogP contribution in [0.4, 0.5) is 0 Å². The normalized spacial score (nSPS) is 22.8. The lowest BCUT2D eigenvalue weighted by Crippen LogP contribution is -2.40. The van der Waals surface area contributed by atoms with E-state index < -0.39 is 10.0 Å². The van der Waals surface area contributed by atoms with Gasteiger partial charge in [-0.25, -0.2) is 8.42 Å². The fourth-order valence-electron chi connectivity index (χ4n) is 1.76. The van der Waals surface area contributed by atoms with Gasteiger partial charge in [0.1, 0.15) is 0 Å². The van der Waals surface area contributed by atoms with Crippen LogP contribution in [0.25, 0.3) is 0 Å². The summed E-state index contributed by atoms with van der Waals surface area (Å²) in [6.07, 6.45) is 0. The molecule has 1 atom stereocenters. The summed E-state index contributed by atoms with van der Waals surface area (Å²) in [6.45, 7) is 4.66. The molecule has 0 radical (unpaired) electrons. The maximum Gasteiger partial charge on any atom is 0.305 e. The quantitative estimate of drug-likeness (QED) is 0.878. The van der Waals surface area contributed by atoms with Crippen molar-refractivity contribution in [3.8, 4) is 0 Å². The SMILES string of the molecule is Cc1[nH]c(=O)sc1S(=O)(=O)N1CCSC(C)C1. The molecule has 96 valence electrons. The van der Waals surface area contributed by atoms with E-state index in [0.717, 1.165) is 17.1 Å². The van der Waals surface area contributed by atoms with Crippen molar-refractivity contribution < 1.29 is 8.42 Å². The fraction of sp³-hybridized carbons (Fsp3) is 0.667. The Kier molecular flexibility index (Phi) is 3.67. The van der Waals surface area contributed by atoms with Gasteiger partial charge in [0.05, 0.1) is 0 Å². The predicted octanol–water partition coefficient (Wildman–Crippen LogP) is 0.871. The lowest BCUT2D eigenvalue weighted by Gasteiger charge is -2.29. The Labute approximate surface area is 108 Å². The smallest absolute Gasteiger partial charge is 0.305 e. The van der Waals surface area contributed by atoms with E-state index in [-0.39, 0.29) is 9.08 Å². The minimum Gasteiger partial charge on any atom is -0.315 e. The maximum absolute atomic E-state index is 12.3. The van der Waals surface area contributed by atoms with Crippen LogP contribution in [0.15, 0.2) is 9.00 Å². The molecule has 0 saturated carbocycles. The number of nitrogens with one attached hydrogen (secondary N) is 1. The molecule has 0 bridgehead atoms. The summed E-state index contributed by atoms with van der Waals surface area (Å²) in [6, 6.07) is 0. The molecule has 17 heavy (non-hydrogen) atoms. The molecule has 1 saturated heterocycles. The van der Waals surface area contributed by atoms with Crippen molar-refractivity contribution in [2.24, 2.45) is 0 Å². The van der Waals surface area contributed by atoms with Crippen LogP contribution in [-0.4, -0.2) is 41.8 Å². The van der Waals surface area contributed by atoms with Gasteiger partial charge in [-0.3, -0.25) is 4.79 Å². The lowest BCUT2D eigenvalue weighted by atomic mass is 10.4. The van der Waals surface area contributed by atoms with Crippen molar-refractivity contribution in [3.63, 3.8) is 0 Å². The standard InChI is InChI=1S/C9H14N2O3S3/c1-6-5-11(3-4-15-6)17(13,14)8-7(2)10-9(12)16-8/h6H,3-5H2,1-2H3,(H,10,12). The Bertz CT molecular complexity index is 560. The summed E-state index contributed by atoms with van der Waals surface area (Å²) in [5.74, 6) is 0.804. The highest BCUT2D eigenvalue weighted by Crippen LogP contribution is 2.26. The van der Waals surface area contributed by atoms with Crippen LogP contribution >= 0.6 is 23.1 Å². The zero-order chi connectivity index (χ0) is 12.6. The molecule has 1 N–H and O–H groups in total. The van der Waals surface area contributed by atoms with E-state index in [0.29, 0.717) is 24.0 Å². The number of thiazole rings is 1. The molecule has 1 aliphatic heterocycles. The highest BCUT2D eigenvalue weighted by atomic mass is 32.2. The van der Waals surface area contributed by atoms with Gasteiger partial charge in [0.25, 0.3) is 10.0 Å². The maximum atomic E-state index is 12.3. The molecule has 2 rings (SSSR count). The van der Waals surface area contributed by atoms with Gasteiger partial charge in [-0.2, -0.15) is 16.1 Å². The fourth-order valence-corrected chi connectivity index (χ4v) is 5.95. The van der Waals surface area contributed by atoms with Crippen LogP contribution in [0.3, 0.4) is 0 Å².